The minimum absolute atomic E-state index is 0.113. The van der Waals surface area contributed by atoms with E-state index in [-0.39, 0.29) is 37.1 Å². The highest BCUT2D eigenvalue weighted by atomic mass is 35.5. The summed E-state index contributed by atoms with van der Waals surface area (Å²) >= 11 is 12.3. The zero-order valence-electron chi connectivity index (χ0n) is 19.9. The van der Waals surface area contributed by atoms with E-state index >= 15 is 0 Å². The summed E-state index contributed by atoms with van der Waals surface area (Å²) in [6.07, 6.45) is 0.113. The third kappa shape index (κ3) is 7.19. The van der Waals surface area contributed by atoms with Crippen LogP contribution in [0.4, 0.5) is 4.39 Å². The van der Waals surface area contributed by atoms with Crippen LogP contribution in [-0.4, -0.2) is 16.7 Å². The SMILES string of the molecule is O=C(NCc1ccc(Cl)cc1Cl)C(c1ccccc1)N(Cc1ccc(F)cc1)C(=O)Cc1ccccc1. The molecule has 2 amide bonds. The van der Waals surface area contributed by atoms with E-state index in [1.54, 1.807) is 30.3 Å². The van der Waals surface area contributed by atoms with E-state index in [0.29, 0.717) is 26.7 Å². The summed E-state index contributed by atoms with van der Waals surface area (Å²) in [5, 5.41) is 3.87. The normalized spacial score (nSPS) is 11.5. The van der Waals surface area contributed by atoms with E-state index in [9.17, 15) is 14.0 Å². The minimum atomic E-state index is -0.923. The molecular weight excluding hydrogens is 510 g/mol. The van der Waals surface area contributed by atoms with Gasteiger partial charge in [-0.15, -0.1) is 0 Å². The Morgan fingerprint density at radius 3 is 2.11 bits per heavy atom. The number of amides is 2. The Morgan fingerprint density at radius 2 is 1.46 bits per heavy atom. The Labute approximate surface area is 225 Å². The Kier molecular flexibility index (Phi) is 8.94. The fourth-order valence-corrected chi connectivity index (χ4v) is 4.51. The van der Waals surface area contributed by atoms with Crippen LogP contribution in [0.1, 0.15) is 28.3 Å². The summed E-state index contributed by atoms with van der Waals surface area (Å²) in [4.78, 5) is 28.9. The fourth-order valence-electron chi connectivity index (χ4n) is 4.03. The van der Waals surface area contributed by atoms with Gasteiger partial charge in [0.1, 0.15) is 11.9 Å². The van der Waals surface area contributed by atoms with Crippen molar-refractivity contribution in [2.75, 3.05) is 0 Å². The Morgan fingerprint density at radius 1 is 0.811 bits per heavy atom. The van der Waals surface area contributed by atoms with Gasteiger partial charge in [-0.3, -0.25) is 9.59 Å². The first-order chi connectivity index (χ1) is 17.9. The summed E-state index contributed by atoms with van der Waals surface area (Å²) in [6, 6.07) is 28.5. The van der Waals surface area contributed by atoms with Crippen LogP contribution in [0.5, 0.6) is 0 Å². The monoisotopic (exact) mass is 534 g/mol. The van der Waals surface area contributed by atoms with Crippen LogP contribution in [0, 0.1) is 5.82 Å². The molecule has 0 bridgehead atoms. The van der Waals surface area contributed by atoms with Crippen LogP contribution in [0.3, 0.4) is 0 Å². The lowest BCUT2D eigenvalue weighted by Crippen LogP contribution is -2.43. The van der Waals surface area contributed by atoms with Crippen molar-refractivity contribution in [1.29, 1.82) is 0 Å². The number of halogens is 3. The van der Waals surface area contributed by atoms with Crippen molar-refractivity contribution < 1.29 is 14.0 Å². The third-order valence-corrected chi connectivity index (χ3v) is 6.52. The van der Waals surface area contributed by atoms with Gasteiger partial charge >= 0.3 is 0 Å². The van der Waals surface area contributed by atoms with E-state index in [2.05, 4.69) is 5.32 Å². The molecule has 0 aliphatic heterocycles. The molecule has 0 aromatic heterocycles. The molecular formula is C30H25Cl2FN2O2. The van der Waals surface area contributed by atoms with Crippen LogP contribution in [-0.2, 0) is 29.1 Å². The molecule has 37 heavy (non-hydrogen) atoms. The number of hydrogen-bond acceptors (Lipinski definition) is 2. The molecule has 0 saturated carbocycles. The second-order valence-electron chi connectivity index (χ2n) is 8.58. The van der Waals surface area contributed by atoms with Gasteiger partial charge in [-0.05, 0) is 46.5 Å². The molecule has 0 heterocycles. The zero-order chi connectivity index (χ0) is 26.2. The maximum absolute atomic E-state index is 13.7. The van der Waals surface area contributed by atoms with Gasteiger partial charge in [0.2, 0.25) is 11.8 Å². The summed E-state index contributed by atoms with van der Waals surface area (Å²) in [5.41, 5.74) is 2.90. The van der Waals surface area contributed by atoms with E-state index in [1.807, 2.05) is 60.7 Å². The second-order valence-corrected chi connectivity index (χ2v) is 9.42. The average Bonchev–Trinajstić information content (AvgIpc) is 2.90. The quantitative estimate of drug-likeness (QED) is 0.258. The molecule has 7 heteroatoms. The highest BCUT2D eigenvalue weighted by molar-refractivity contribution is 6.35. The second kappa shape index (κ2) is 12.5. The van der Waals surface area contributed by atoms with Crippen molar-refractivity contribution in [3.63, 3.8) is 0 Å². The number of benzene rings is 4. The molecule has 0 fully saturated rings. The highest BCUT2D eigenvalue weighted by Crippen LogP contribution is 2.26. The van der Waals surface area contributed by atoms with Crippen molar-refractivity contribution in [2.45, 2.75) is 25.6 Å². The van der Waals surface area contributed by atoms with Gasteiger partial charge in [-0.1, -0.05) is 102 Å². The number of hydrogen-bond donors (Lipinski definition) is 1. The van der Waals surface area contributed by atoms with Crippen molar-refractivity contribution in [3.8, 4) is 0 Å². The predicted molar refractivity (Wildman–Crippen MR) is 145 cm³/mol. The van der Waals surface area contributed by atoms with Crippen LogP contribution < -0.4 is 5.32 Å². The topological polar surface area (TPSA) is 49.4 Å². The highest BCUT2D eigenvalue weighted by Gasteiger charge is 2.31. The van der Waals surface area contributed by atoms with Crippen molar-refractivity contribution in [3.05, 3.63) is 141 Å². The molecule has 0 aliphatic rings. The molecule has 0 saturated heterocycles. The molecule has 1 atom stereocenters. The van der Waals surface area contributed by atoms with Crippen molar-refractivity contribution in [1.82, 2.24) is 10.2 Å². The minimum Gasteiger partial charge on any atom is -0.350 e. The van der Waals surface area contributed by atoms with Crippen molar-refractivity contribution >= 4 is 35.0 Å². The van der Waals surface area contributed by atoms with Gasteiger partial charge in [0, 0.05) is 23.1 Å². The summed E-state index contributed by atoms with van der Waals surface area (Å²) in [7, 11) is 0. The van der Waals surface area contributed by atoms with Crippen LogP contribution >= 0.6 is 23.2 Å². The number of nitrogens with zero attached hydrogens (tertiary/aromatic N) is 1. The lowest BCUT2D eigenvalue weighted by atomic mass is 10.0. The van der Waals surface area contributed by atoms with Gasteiger partial charge in [-0.2, -0.15) is 0 Å². The molecule has 0 spiro atoms. The molecule has 4 aromatic carbocycles. The first kappa shape index (κ1) is 26.4. The van der Waals surface area contributed by atoms with Gasteiger partial charge in [0.25, 0.3) is 0 Å². The maximum Gasteiger partial charge on any atom is 0.247 e. The average molecular weight is 535 g/mol. The largest absolute Gasteiger partial charge is 0.350 e. The van der Waals surface area contributed by atoms with E-state index in [4.69, 9.17) is 23.2 Å². The number of nitrogens with one attached hydrogen (secondary N) is 1. The van der Waals surface area contributed by atoms with Gasteiger partial charge < -0.3 is 10.2 Å². The van der Waals surface area contributed by atoms with Crippen LogP contribution in [0.25, 0.3) is 0 Å². The Hall–Kier alpha value is -3.67. The molecule has 0 radical (unpaired) electrons. The molecule has 1 unspecified atom stereocenters. The summed E-state index contributed by atoms with van der Waals surface area (Å²) in [5.74, 6) is -0.965. The van der Waals surface area contributed by atoms with Gasteiger partial charge in [0.15, 0.2) is 0 Å². The van der Waals surface area contributed by atoms with Crippen LogP contribution in [0.2, 0.25) is 10.0 Å². The number of carbonyl (C=O) groups excluding carboxylic acids is 2. The smallest absolute Gasteiger partial charge is 0.247 e. The first-order valence-corrected chi connectivity index (χ1v) is 12.5. The maximum atomic E-state index is 13.7. The third-order valence-electron chi connectivity index (χ3n) is 5.93. The molecule has 0 aliphatic carbocycles. The van der Waals surface area contributed by atoms with E-state index in [1.165, 1.54) is 17.0 Å². The fraction of sp³-hybridized carbons (Fsp3) is 0.133. The standard InChI is InChI=1S/C30H25Cl2FN2O2/c31-25-14-13-24(27(32)18-25)19-34-30(37)29(23-9-5-2-6-10-23)35(20-22-11-15-26(33)16-12-22)28(36)17-21-7-3-1-4-8-21/h1-16,18,29H,17,19-20H2,(H,34,37). The Balaban J connectivity index is 1.67. The lowest BCUT2D eigenvalue weighted by molar-refractivity contribution is -0.141. The predicted octanol–water partition coefficient (Wildman–Crippen LogP) is 6.76. The van der Waals surface area contributed by atoms with E-state index in [0.717, 1.165) is 5.56 Å². The number of carbonyl (C=O) groups is 2. The van der Waals surface area contributed by atoms with Gasteiger partial charge in [-0.25, -0.2) is 4.39 Å². The van der Waals surface area contributed by atoms with Gasteiger partial charge in [0.05, 0.1) is 6.42 Å². The summed E-state index contributed by atoms with van der Waals surface area (Å²) < 4.78 is 13.6. The number of rotatable bonds is 9. The molecule has 4 aromatic rings. The first-order valence-electron chi connectivity index (χ1n) is 11.7. The van der Waals surface area contributed by atoms with E-state index < -0.39 is 6.04 Å². The summed E-state index contributed by atoms with van der Waals surface area (Å²) in [6.45, 7) is 0.288. The van der Waals surface area contributed by atoms with Crippen molar-refractivity contribution in [2.24, 2.45) is 0 Å². The Bertz CT molecular complexity index is 1350. The molecule has 1 N–H and O–H groups in total. The molecule has 4 rings (SSSR count). The molecule has 188 valence electrons. The lowest BCUT2D eigenvalue weighted by Gasteiger charge is -2.32. The molecule has 4 nitrogen and oxygen atoms in total. The zero-order valence-corrected chi connectivity index (χ0v) is 21.4. The van der Waals surface area contributed by atoms with Crippen LogP contribution in [0.15, 0.2) is 103 Å².